The molecule has 1 aliphatic heterocycles. The van der Waals surface area contributed by atoms with Crippen LogP contribution in [0.4, 0.5) is 5.69 Å². The predicted octanol–water partition coefficient (Wildman–Crippen LogP) is 3.97. The number of para-hydroxylation sites is 1. The van der Waals surface area contributed by atoms with E-state index < -0.39 is 5.41 Å². The molecule has 0 radical (unpaired) electrons. The van der Waals surface area contributed by atoms with Crippen molar-refractivity contribution in [2.24, 2.45) is 0 Å². The lowest BCUT2D eigenvalue weighted by Gasteiger charge is -2.28. The van der Waals surface area contributed by atoms with E-state index in [4.69, 9.17) is 0 Å². The fourth-order valence-corrected chi connectivity index (χ4v) is 3.41. The Morgan fingerprint density at radius 3 is 2.35 bits per heavy atom. The molecule has 1 heterocycles. The fourth-order valence-electron chi connectivity index (χ4n) is 3.41. The monoisotopic (exact) mass is 309 g/mol. The second-order valence-corrected chi connectivity index (χ2v) is 7.49. The number of phenols is 1. The highest BCUT2D eigenvalue weighted by Crippen LogP contribution is 2.48. The lowest BCUT2D eigenvalue weighted by molar-refractivity contribution is -0.121. The molecule has 0 bridgehead atoms. The zero-order chi connectivity index (χ0) is 17.0. The summed E-state index contributed by atoms with van der Waals surface area (Å²) in [4.78, 5) is 14.7. The fraction of sp³-hybridized carbons (Fsp3) is 0.350. The molecule has 3 nitrogen and oxygen atoms in total. The molecule has 3 rings (SSSR count). The van der Waals surface area contributed by atoms with Gasteiger partial charge in [0.05, 0.1) is 0 Å². The molecule has 0 fully saturated rings. The first-order chi connectivity index (χ1) is 10.7. The van der Waals surface area contributed by atoms with Crippen molar-refractivity contribution < 1.29 is 9.90 Å². The van der Waals surface area contributed by atoms with E-state index in [0.29, 0.717) is 5.56 Å². The normalized spacial score (nSPS) is 20.7. The van der Waals surface area contributed by atoms with Crippen LogP contribution in [0.15, 0.2) is 42.5 Å². The largest absolute Gasteiger partial charge is 0.508 e. The molecule has 1 unspecified atom stereocenters. The molecule has 0 spiro atoms. The third-order valence-corrected chi connectivity index (χ3v) is 4.94. The van der Waals surface area contributed by atoms with E-state index in [0.717, 1.165) is 16.8 Å². The van der Waals surface area contributed by atoms with Crippen molar-refractivity contribution in [3.05, 3.63) is 59.2 Å². The highest BCUT2D eigenvalue weighted by Gasteiger charge is 2.48. The maximum absolute atomic E-state index is 13.0. The van der Waals surface area contributed by atoms with Gasteiger partial charge in [0, 0.05) is 18.3 Å². The Hall–Kier alpha value is -2.29. The molecule has 1 amide bonds. The van der Waals surface area contributed by atoms with Gasteiger partial charge >= 0.3 is 0 Å². The Morgan fingerprint density at radius 2 is 1.70 bits per heavy atom. The van der Waals surface area contributed by atoms with Gasteiger partial charge < -0.3 is 10.0 Å². The second-order valence-electron chi connectivity index (χ2n) is 7.49. The van der Waals surface area contributed by atoms with Gasteiger partial charge in [-0.1, -0.05) is 51.1 Å². The maximum atomic E-state index is 13.0. The van der Waals surface area contributed by atoms with E-state index >= 15 is 0 Å². The van der Waals surface area contributed by atoms with Crippen LogP contribution in [0.25, 0.3) is 0 Å². The molecule has 0 aromatic heterocycles. The van der Waals surface area contributed by atoms with Crippen LogP contribution in [0, 0.1) is 0 Å². The van der Waals surface area contributed by atoms with Crippen molar-refractivity contribution in [3.63, 3.8) is 0 Å². The number of anilines is 1. The number of aromatic hydroxyl groups is 1. The van der Waals surface area contributed by atoms with Crippen LogP contribution < -0.4 is 4.90 Å². The predicted molar refractivity (Wildman–Crippen MR) is 93.1 cm³/mol. The summed E-state index contributed by atoms with van der Waals surface area (Å²) in [5.41, 5.74) is 2.70. The number of hydrogen-bond acceptors (Lipinski definition) is 2. The van der Waals surface area contributed by atoms with Crippen LogP contribution in [-0.4, -0.2) is 18.1 Å². The second kappa shape index (κ2) is 4.85. The molecular weight excluding hydrogens is 286 g/mol. The number of nitrogens with zero attached hydrogens (tertiary/aromatic N) is 1. The number of carbonyl (C=O) groups excluding carboxylic acids is 1. The van der Waals surface area contributed by atoms with Gasteiger partial charge in [-0.25, -0.2) is 0 Å². The van der Waals surface area contributed by atoms with Crippen LogP contribution >= 0.6 is 0 Å². The first kappa shape index (κ1) is 15.6. The topological polar surface area (TPSA) is 40.5 Å². The Kier molecular flexibility index (Phi) is 3.29. The summed E-state index contributed by atoms with van der Waals surface area (Å²) < 4.78 is 0. The lowest BCUT2D eigenvalue weighted by atomic mass is 9.74. The Bertz CT molecular complexity index is 788. The highest BCUT2D eigenvalue weighted by molar-refractivity contribution is 6.10. The quantitative estimate of drug-likeness (QED) is 0.866. The van der Waals surface area contributed by atoms with Crippen molar-refractivity contribution in [2.75, 3.05) is 11.9 Å². The highest BCUT2D eigenvalue weighted by atomic mass is 16.3. The number of fused-ring (bicyclic) bond motifs is 1. The number of amides is 1. The third-order valence-electron chi connectivity index (χ3n) is 4.94. The Balaban J connectivity index is 2.28. The first-order valence-corrected chi connectivity index (χ1v) is 7.89. The first-order valence-electron chi connectivity index (χ1n) is 7.89. The van der Waals surface area contributed by atoms with E-state index in [9.17, 15) is 9.90 Å². The van der Waals surface area contributed by atoms with Crippen LogP contribution in [0.5, 0.6) is 5.75 Å². The minimum atomic E-state index is -0.864. The average Bonchev–Trinajstić information content (AvgIpc) is 2.70. The van der Waals surface area contributed by atoms with Crippen molar-refractivity contribution >= 4 is 11.6 Å². The lowest BCUT2D eigenvalue weighted by Crippen LogP contribution is -2.37. The summed E-state index contributed by atoms with van der Waals surface area (Å²) in [7, 11) is 1.79. The van der Waals surface area contributed by atoms with Crippen LogP contribution in [-0.2, 0) is 15.6 Å². The standard InChI is InChI=1S/C20H23NO2/c1-19(2,3)13-10-11-17(22)15(12-13)20(4)14-8-6-7-9-16(14)21(5)18(20)23/h6-12,22H,1-5H3. The third kappa shape index (κ3) is 2.14. The molecule has 120 valence electrons. The zero-order valence-electron chi connectivity index (χ0n) is 14.3. The van der Waals surface area contributed by atoms with Crippen molar-refractivity contribution in [3.8, 4) is 5.75 Å². The Morgan fingerprint density at radius 1 is 1.04 bits per heavy atom. The van der Waals surface area contributed by atoms with Gasteiger partial charge in [-0.15, -0.1) is 0 Å². The summed E-state index contributed by atoms with van der Waals surface area (Å²) in [6.07, 6.45) is 0. The molecule has 1 aliphatic rings. The number of benzene rings is 2. The Labute approximate surface area is 137 Å². The maximum Gasteiger partial charge on any atom is 0.241 e. The summed E-state index contributed by atoms with van der Waals surface area (Å²) in [6, 6.07) is 13.4. The summed E-state index contributed by atoms with van der Waals surface area (Å²) in [6.45, 7) is 8.28. The molecule has 1 N–H and O–H groups in total. The SMILES string of the molecule is CN1C(=O)C(C)(c2cc(C(C)(C)C)ccc2O)c2ccccc21. The molecule has 2 aromatic rings. The van der Waals surface area contributed by atoms with E-state index in [-0.39, 0.29) is 17.1 Å². The molecule has 1 atom stereocenters. The molecule has 23 heavy (non-hydrogen) atoms. The van der Waals surface area contributed by atoms with Crippen LogP contribution in [0.2, 0.25) is 0 Å². The smallest absolute Gasteiger partial charge is 0.241 e. The number of likely N-dealkylation sites (N-methyl/N-ethyl adjacent to an activating group) is 1. The average molecular weight is 309 g/mol. The van der Waals surface area contributed by atoms with Gasteiger partial charge in [0.15, 0.2) is 0 Å². The number of carbonyl (C=O) groups is 1. The number of rotatable bonds is 1. The van der Waals surface area contributed by atoms with E-state index in [1.165, 1.54) is 0 Å². The molecule has 0 saturated heterocycles. The van der Waals surface area contributed by atoms with E-state index in [1.807, 2.05) is 43.3 Å². The minimum Gasteiger partial charge on any atom is -0.508 e. The molecule has 0 aliphatic carbocycles. The van der Waals surface area contributed by atoms with Crippen molar-refractivity contribution in [2.45, 2.75) is 38.5 Å². The summed E-state index contributed by atoms with van der Waals surface area (Å²) in [5.74, 6) is 0.152. The molecule has 2 aromatic carbocycles. The zero-order valence-corrected chi connectivity index (χ0v) is 14.3. The van der Waals surface area contributed by atoms with E-state index in [1.54, 1.807) is 18.0 Å². The summed E-state index contributed by atoms with van der Waals surface area (Å²) in [5, 5.41) is 10.5. The van der Waals surface area contributed by atoms with Gasteiger partial charge in [0.25, 0.3) is 0 Å². The molecule has 0 saturated carbocycles. The minimum absolute atomic E-state index is 0.0138. The number of hydrogen-bond donors (Lipinski definition) is 1. The van der Waals surface area contributed by atoms with Gasteiger partial charge in [-0.05, 0) is 35.6 Å². The molecule has 3 heteroatoms. The van der Waals surface area contributed by atoms with Gasteiger partial charge in [0.2, 0.25) is 5.91 Å². The van der Waals surface area contributed by atoms with Gasteiger partial charge in [-0.2, -0.15) is 0 Å². The number of phenolic OH excluding ortho intramolecular Hbond substituents is 1. The van der Waals surface area contributed by atoms with Crippen LogP contribution in [0.3, 0.4) is 0 Å². The van der Waals surface area contributed by atoms with Gasteiger partial charge in [-0.3, -0.25) is 4.79 Å². The summed E-state index contributed by atoms with van der Waals surface area (Å²) >= 11 is 0. The van der Waals surface area contributed by atoms with Crippen molar-refractivity contribution in [1.82, 2.24) is 0 Å². The van der Waals surface area contributed by atoms with Crippen molar-refractivity contribution in [1.29, 1.82) is 0 Å². The van der Waals surface area contributed by atoms with E-state index in [2.05, 4.69) is 20.8 Å². The van der Waals surface area contributed by atoms with Crippen LogP contribution in [0.1, 0.15) is 44.4 Å². The molecular formula is C20H23NO2. The van der Waals surface area contributed by atoms with Gasteiger partial charge in [0.1, 0.15) is 11.2 Å².